The normalized spacial score (nSPS) is 40.2. The molecule has 0 saturated carbocycles. The van der Waals surface area contributed by atoms with Crippen molar-refractivity contribution in [1.29, 1.82) is 0 Å². The molecular weight excluding hydrogens is 440 g/mol. The largest absolute Gasteiger partial charge is 1.00 e. The van der Waals surface area contributed by atoms with E-state index < -0.39 is 29.8 Å². The zero-order valence-electron chi connectivity index (χ0n) is 9.09. The van der Waals surface area contributed by atoms with Crippen molar-refractivity contribution >= 4 is 12.6 Å². The van der Waals surface area contributed by atoms with Crippen LogP contribution < -0.4 is 29.6 Å². The van der Waals surface area contributed by atoms with Gasteiger partial charge in [-0.05, 0) is 6.42 Å². The average molecular weight is 455 g/mol. The summed E-state index contributed by atoms with van der Waals surface area (Å²) in [6.07, 6.45) is -0.935. The Morgan fingerprint density at radius 3 is 2.33 bits per heavy atom. The van der Waals surface area contributed by atoms with Crippen LogP contribution in [0.3, 0.4) is 0 Å². The molecule has 0 aromatic heterocycles. The van der Waals surface area contributed by atoms with E-state index in [-0.39, 0.29) is 73.6 Å². The van der Waals surface area contributed by atoms with Crippen LogP contribution in [-0.4, -0.2) is 40.0 Å². The summed E-state index contributed by atoms with van der Waals surface area (Å²) < 4.78 is 5.24. The Kier molecular flexibility index (Phi) is 12.7. The summed E-state index contributed by atoms with van der Waals surface area (Å²) >= 11 is 4.85. The molecule has 5 atom stereocenters. The number of nitrogens with one attached hydrogen (secondary N) is 1. The van der Waals surface area contributed by atoms with Crippen molar-refractivity contribution in [3.63, 3.8) is 0 Å². The monoisotopic (exact) mass is 455 g/mol. The quantitative estimate of drug-likeness (QED) is 0.349. The van der Waals surface area contributed by atoms with E-state index in [1.54, 1.807) is 0 Å². The van der Waals surface area contributed by atoms with E-state index in [2.05, 4.69) is 0 Å². The molecule has 0 spiro atoms. The molecule has 4 nitrogen and oxygen atoms in total. The number of aliphatic hydroxyl groups excluding tert-OH is 2. The van der Waals surface area contributed by atoms with Gasteiger partial charge in [0.1, 0.15) is 6.10 Å². The van der Waals surface area contributed by atoms with Gasteiger partial charge in [0, 0.05) is 44.1 Å². The third-order valence-corrected chi connectivity index (χ3v) is 2.68. The van der Waals surface area contributed by atoms with E-state index >= 15 is 0 Å². The topological polar surface area (TPSA) is 73.5 Å². The van der Waals surface area contributed by atoms with Crippen molar-refractivity contribution in [3.05, 3.63) is 5.73 Å². The number of hydrogen-bond acceptors (Lipinski definition) is 4. The fourth-order valence-electron chi connectivity index (χ4n) is 1.45. The molecule has 1 rings (SSSR count). The molecule has 1 fully saturated rings. The maximum Gasteiger partial charge on any atom is 1.00 e. The van der Waals surface area contributed by atoms with E-state index in [4.69, 9.17) is 23.1 Å². The van der Waals surface area contributed by atoms with Gasteiger partial charge in [0.15, 0.2) is 0 Å². The van der Waals surface area contributed by atoms with Crippen LogP contribution in [0.15, 0.2) is 0 Å². The van der Waals surface area contributed by atoms with Crippen molar-refractivity contribution in [1.82, 2.24) is 0 Å². The van der Waals surface area contributed by atoms with E-state index in [0.29, 0.717) is 6.42 Å². The predicted octanol–water partition coefficient (Wildman–Crippen LogP) is -2.80. The van der Waals surface area contributed by atoms with Gasteiger partial charge in [-0.3, -0.25) is 0 Å². The summed E-state index contributed by atoms with van der Waals surface area (Å²) in [6.45, 7) is 1.97. The molecule has 0 aromatic rings. The van der Waals surface area contributed by atoms with E-state index in [0.717, 1.165) is 6.42 Å². The maximum atomic E-state index is 9.52. The Morgan fingerprint density at radius 1 is 1.33 bits per heavy atom. The summed E-state index contributed by atoms with van der Waals surface area (Å²) in [5, 5.41) is 18.9. The Labute approximate surface area is 154 Å². The number of rotatable bonds is 2. The predicted molar refractivity (Wildman–Crippen MR) is 51.1 cm³/mol. The van der Waals surface area contributed by atoms with Crippen molar-refractivity contribution < 1.29 is 88.6 Å². The minimum atomic E-state index is -1.08. The maximum absolute atomic E-state index is 9.52. The van der Waals surface area contributed by atoms with Crippen LogP contribution in [0.5, 0.6) is 0 Å². The summed E-state index contributed by atoms with van der Waals surface area (Å²) in [5.74, 6) is 0. The van der Waals surface area contributed by atoms with Gasteiger partial charge in [0.2, 0.25) is 0 Å². The number of ether oxygens (including phenoxy) is 1. The Hall–Kier alpha value is 2.63. The molecule has 1 aliphatic rings. The van der Waals surface area contributed by atoms with Gasteiger partial charge in [0.05, 0.1) is 12.2 Å². The van der Waals surface area contributed by atoms with Crippen molar-refractivity contribution in [2.45, 2.75) is 49.6 Å². The summed E-state index contributed by atoms with van der Waals surface area (Å²) in [4.78, 5) is 0. The van der Waals surface area contributed by atoms with Gasteiger partial charge in [-0.1, -0.05) is 18.8 Å². The summed E-state index contributed by atoms with van der Waals surface area (Å²) in [7, 11) is 0. The van der Waals surface area contributed by atoms with Gasteiger partial charge >= 0.3 is 29.6 Å². The summed E-state index contributed by atoms with van der Waals surface area (Å²) in [6, 6.07) is -0.918. The molecule has 0 aliphatic carbocycles. The van der Waals surface area contributed by atoms with Crippen LogP contribution in [0, 0.1) is 44.1 Å². The van der Waals surface area contributed by atoms with Gasteiger partial charge < -0.3 is 33.3 Å². The molecule has 0 amide bonds. The first kappa shape index (κ1) is 20.0. The third-order valence-electron chi connectivity index (χ3n) is 2.27. The first-order chi connectivity index (χ1) is 6.07. The fourth-order valence-corrected chi connectivity index (χ4v) is 1.76. The van der Waals surface area contributed by atoms with Crippen LogP contribution >= 0.6 is 0 Å². The second kappa shape index (κ2) is 9.55. The molecule has 1 aliphatic heterocycles. The molecule has 81 valence electrons. The number of hydrogen-bond donors (Lipinski definition) is 2. The molecule has 1 saturated heterocycles. The zero-order chi connectivity index (χ0) is 10.0. The average Bonchev–Trinajstić information content (AvgIpc) is 2.11. The molecule has 0 bridgehead atoms. The van der Waals surface area contributed by atoms with E-state index in [9.17, 15) is 10.2 Å². The minimum Gasteiger partial charge on any atom is -0.763 e. The fraction of sp³-hybridized carbons (Fsp3) is 1.00. The molecule has 1 radical (unpaired) electrons. The summed E-state index contributed by atoms with van der Waals surface area (Å²) in [5.41, 5.74) is 6.68. The van der Waals surface area contributed by atoms with Crippen molar-refractivity contribution in [3.8, 4) is 0 Å². The van der Waals surface area contributed by atoms with Crippen LogP contribution in [0.2, 0.25) is 0 Å². The van der Waals surface area contributed by atoms with Crippen LogP contribution in [0.1, 0.15) is 19.8 Å². The smallest absolute Gasteiger partial charge is 0.763 e. The standard InChI is InChI=1S/C8H16NO3S.Ac.Na/c1-2-3-4-6(10)7(11)5(9)8(13)12-4;;/h4-11,13H,2-3H2,1H3;;/q-1;;+1/p-1/t4?,5?,6-,7?,8-;;/m0../s1. The second-order valence-corrected chi connectivity index (χ2v) is 3.80. The van der Waals surface area contributed by atoms with E-state index in [1.165, 1.54) is 0 Å². The van der Waals surface area contributed by atoms with Crippen molar-refractivity contribution in [2.24, 2.45) is 0 Å². The van der Waals surface area contributed by atoms with Crippen molar-refractivity contribution in [2.75, 3.05) is 0 Å². The molecule has 0 aromatic carbocycles. The van der Waals surface area contributed by atoms with E-state index in [1.807, 2.05) is 6.92 Å². The van der Waals surface area contributed by atoms with Gasteiger partial charge in [-0.25, -0.2) is 0 Å². The second-order valence-electron chi connectivity index (χ2n) is 3.34. The van der Waals surface area contributed by atoms with Gasteiger partial charge in [0.25, 0.3) is 0 Å². The molecular formula is C8H15AcNNaO3S-. The Bertz CT molecular complexity index is 180. The van der Waals surface area contributed by atoms with Crippen LogP contribution in [-0.2, 0) is 17.4 Å². The molecule has 3 N–H and O–H groups in total. The zero-order valence-corrected chi connectivity index (χ0v) is 16.7. The first-order valence-corrected chi connectivity index (χ1v) is 4.93. The molecule has 15 heavy (non-hydrogen) atoms. The molecule has 7 heteroatoms. The Morgan fingerprint density at radius 2 is 1.87 bits per heavy atom. The van der Waals surface area contributed by atoms with Gasteiger partial charge in [-0.15, -0.1) is 6.04 Å². The van der Waals surface area contributed by atoms with Crippen LogP contribution in [0.25, 0.3) is 5.73 Å². The van der Waals surface area contributed by atoms with Gasteiger partial charge in [-0.2, -0.15) is 0 Å². The first-order valence-electron chi connectivity index (χ1n) is 4.46. The van der Waals surface area contributed by atoms with Crippen LogP contribution in [0.4, 0.5) is 0 Å². The molecule has 3 unspecified atom stereocenters. The third kappa shape index (κ3) is 5.42. The SMILES string of the molecule is CCCC1O[C@@H]([S-])C([NH-])C(O)[C@H]1O.[Ac].[Na+]. The minimum absolute atomic E-state index is 0. The Balaban J connectivity index is 0. The molecule has 1 heterocycles. The number of aliphatic hydroxyl groups is 2.